The summed E-state index contributed by atoms with van der Waals surface area (Å²) in [6.45, 7) is 0. The van der Waals surface area contributed by atoms with Crippen molar-refractivity contribution in [3.05, 3.63) is 65.7 Å². The highest BCUT2D eigenvalue weighted by Crippen LogP contribution is 2.44. The molecule has 0 bridgehead atoms. The first-order valence-corrected chi connectivity index (χ1v) is 6.45. The molecule has 3 rings (SSSR count). The molecule has 0 spiro atoms. The fourth-order valence-corrected chi connectivity index (χ4v) is 2.46. The van der Waals surface area contributed by atoms with Crippen LogP contribution >= 0.6 is 0 Å². The number of nitrogens with zero attached hydrogens (tertiary/aromatic N) is 1. The number of carbonyl (C=O) groups excluding carboxylic acids is 1. The Labute approximate surface area is 111 Å². The summed E-state index contributed by atoms with van der Waals surface area (Å²) in [4.78, 5) is 16.6. The van der Waals surface area contributed by atoms with Gasteiger partial charge in [-0.15, -0.1) is 0 Å². The fraction of sp³-hybridized carbons (Fsp3) is 0.250. The zero-order valence-corrected chi connectivity index (χ0v) is 10.4. The molecule has 1 aliphatic rings. The number of ketones is 1. The van der Waals surface area contributed by atoms with Gasteiger partial charge in [-0.25, -0.2) is 4.39 Å². The first-order chi connectivity index (χ1) is 9.25. The van der Waals surface area contributed by atoms with E-state index >= 15 is 0 Å². The molecule has 0 aliphatic heterocycles. The van der Waals surface area contributed by atoms with Crippen molar-refractivity contribution < 1.29 is 9.18 Å². The molecule has 2 nitrogen and oxygen atoms in total. The Hall–Kier alpha value is -2.03. The zero-order valence-electron chi connectivity index (χ0n) is 10.4. The molecule has 1 unspecified atom stereocenters. The van der Waals surface area contributed by atoms with Crippen molar-refractivity contribution in [2.24, 2.45) is 5.92 Å². The first-order valence-electron chi connectivity index (χ1n) is 6.45. The SMILES string of the molecule is O=C(c1cccc(F)c1)C(c1ccncc1)C1CC1. The number of carbonyl (C=O) groups is 1. The quantitative estimate of drug-likeness (QED) is 0.781. The maximum atomic E-state index is 13.2. The van der Waals surface area contributed by atoms with E-state index in [2.05, 4.69) is 4.98 Å². The first kappa shape index (κ1) is 12.0. The Kier molecular flexibility index (Phi) is 3.11. The molecular formula is C16H14FNO. The second-order valence-electron chi connectivity index (χ2n) is 4.97. The molecule has 2 aromatic rings. The van der Waals surface area contributed by atoms with Crippen molar-refractivity contribution >= 4 is 5.78 Å². The van der Waals surface area contributed by atoms with Gasteiger partial charge in [-0.3, -0.25) is 9.78 Å². The van der Waals surface area contributed by atoms with Gasteiger partial charge in [0.05, 0.1) is 5.92 Å². The topological polar surface area (TPSA) is 30.0 Å². The van der Waals surface area contributed by atoms with Crippen LogP contribution < -0.4 is 0 Å². The van der Waals surface area contributed by atoms with Crippen LogP contribution in [-0.4, -0.2) is 10.8 Å². The lowest BCUT2D eigenvalue weighted by molar-refractivity contribution is 0.0949. The molecule has 96 valence electrons. The van der Waals surface area contributed by atoms with Crippen molar-refractivity contribution in [2.45, 2.75) is 18.8 Å². The predicted molar refractivity (Wildman–Crippen MR) is 70.4 cm³/mol. The van der Waals surface area contributed by atoms with Crippen LogP contribution in [0.25, 0.3) is 0 Å². The smallest absolute Gasteiger partial charge is 0.170 e. The molecule has 0 radical (unpaired) electrons. The van der Waals surface area contributed by atoms with Gasteiger partial charge in [0.15, 0.2) is 5.78 Å². The lowest BCUT2D eigenvalue weighted by Crippen LogP contribution is -2.15. The number of Topliss-reactive ketones (excluding diaryl/α,β-unsaturated/α-hetero) is 1. The Morgan fingerprint density at radius 2 is 1.95 bits per heavy atom. The second kappa shape index (κ2) is 4.92. The third-order valence-electron chi connectivity index (χ3n) is 3.55. The molecule has 1 fully saturated rings. The molecule has 0 N–H and O–H groups in total. The van der Waals surface area contributed by atoms with Crippen molar-refractivity contribution in [1.82, 2.24) is 4.98 Å². The van der Waals surface area contributed by atoms with Gasteiger partial charge in [-0.05, 0) is 48.6 Å². The number of benzene rings is 1. The van der Waals surface area contributed by atoms with E-state index in [9.17, 15) is 9.18 Å². The van der Waals surface area contributed by atoms with Gasteiger partial charge in [0.1, 0.15) is 5.82 Å². The van der Waals surface area contributed by atoms with E-state index in [1.165, 1.54) is 12.1 Å². The van der Waals surface area contributed by atoms with E-state index in [4.69, 9.17) is 0 Å². The second-order valence-corrected chi connectivity index (χ2v) is 4.97. The Morgan fingerprint density at radius 1 is 1.21 bits per heavy atom. The minimum atomic E-state index is -0.366. The van der Waals surface area contributed by atoms with Crippen molar-refractivity contribution in [3.8, 4) is 0 Å². The van der Waals surface area contributed by atoms with Crippen LogP contribution in [0.4, 0.5) is 4.39 Å². The monoisotopic (exact) mass is 255 g/mol. The maximum absolute atomic E-state index is 13.2. The molecule has 19 heavy (non-hydrogen) atoms. The number of halogens is 1. The van der Waals surface area contributed by atoms with Gasteiger partial charge >= 0.3 is 0 Å². The van der Waals surface area contributed by atoms with Crippen LogP contribution in [0.5, 0.6) is 0 Å². The van der Waals surface area contributed by atoms with Gasteiger partial charge in [0.2, 0.25) is 0 Å². The summed E-state index contributed by atoms with van der Waals surface area (Å²) in [6, 6.07) is 9.69. The lowest BCUT2D eigenvalue weighted by atomic mass is 9.87. The third kappa shape index (κ3) is 2.55. The summed E-state index contributed by atoms with van der Waals surface area (Å²) in [7, 11) is 0. The Morgan fingerprint density at radius 3 is 2.58 bits per heavy atom. The molecule has 1 heterocycles. The third-order valence-corrected chi connectivity index (χ3v) is 3.55. The van der Waals surface area contributed by atoms with Crippen LogP contribution in [0.3, 0.4) is 0 Å². The number of rotatable bonds is 4. The van der Waals surface area contributed by atoms with Gasteiger partial charge in [-0.1, -0.05) is 12.1 Å². The van der Waals surface area contributed by atoms with E-state index in [0.29, 0.717) is 11.5 Å². The van der Waals surface area contributed by atoms with Gasteiger partial charge in [0.25, 0.3) is 0 Å². The predicted octanol–water partition coefficient (Wildman–Crippen LogP) is 3.60. The zero-order chi connectivity index (χ0) is 13.2. The molecule has 0 saturated heterocycles. The minimum Gasteiger partial charge on any atom is -0.293 e. The van der Waals surface area contributed by atoms with E-state index in [-0.39, 0.29) is 17.5 Å². The molecule has 1 aromatic heterocycles. The summed E-state index contributed by atoms with van der Waals surface area (Å²) in [6.07, 6.45) is 5.52. The standard InChI is InChI=1S/C16H14FNO/c17-14-3-1-2-13(10-14)16(19)15(11-4-5-11)12-6-8-18-9-7-12/h1-3,6-11,15H,4-5H2. The summed E-state index contributed by atoms with van der Waals surface area (Å²) in [5.41, 5.74) is 1.43. The summed E-state index contributed by atoms with van der Waals surface area (Å²) in [5.74, 6) is -0.133. The lowest BCUT2D eigenvalue weighted by Gasteiger charge is -2.15. The van der Waals surface area contributed by atoms with Crippen LogP contribution in [-0.2, 0) is 0 Å². The average Bonchev–Trinajstić information content (AvgIpc) is 3.25. The highest BCUT2D eigenvalue weighted by atomic mass is 19.1. The van der Waals surface area contributed by atoms with Crippen LogP contribution in [0.2, 0.25) is 0 Å². The molecular weight excluding hydrogens is 241 g/mol. The molecule has 1 aromatic carbocycles. The van der Waals surface area contributed by atoms with E-state index in [1.807, 2.05) is 12.1 Å². The molecule has 0 amide bonds. The molecule has 3 heteroatoms. The summed E-state index contributed by atoms with van der Waals surface area (Å²) >= 11 is 0. The summed E-state index contributed by atoms with van der Waals surface area (Å²) < 4.78 is 13.2. The summed E-state index contributed by atoms with van der Waals surface area (Å²) in [5, 5.41) is 0. The van der Waals surface area contributed by atoms with E-state index in [0.717, 1.165) is 18.4 Å². The van der Waals surface area contributed by atoms with Gasteiger partial charge in [-0.2, -0.15) is 0 Å². The number of hydrogen-bond acceptors (Lipinski definition) is 2. The maximum Gasteiger partial charge on any atom is 0.170 e. The molecule has 1 atom stereocenters. The van der Waals surface area contributed by atoms with Crippen molar-refractivity contribution in [1.29, 1.82) is 0 Å². The van der Waals surface area contributed by atoms with Crippen molar-refractivity contribution in [3.63, 3.8) is 0 Å². The van der Waals surface area contributed by atoms with Crippen LogP contribution in [0.15, 0.2) is 48.8 Å². The molecule has 1 saturated carbocycles. The largest absolute Gasteiger partial charge is 0.293 e. The highest BCUT2D eigenvalue weighted by Gasteiger charge is 2.37. The number of hydrogen-bond donors (Lipinski definition) is 0. The number of aromatic nitrogens is 1. The van der Waals surface area contributed by atoms with E-state index < -0.39 is 0 Å². The number of pyridine rings is 1. The molecule has 1 aliphatic carbocycles. The van der Waals surface area contributed by atoms with E-state index in [1.54, 1.807) is 24.5 Å². The minimum absolute atomic E-state index is 0.00759. The Balaban J connectivity index is 1.95. The fourth-order valence-electron chi connectivity index (χ4n) is 2.46. The van der Waals surface area contributed by atoms with Crippen LogP contribution in [0, 0.1) is 11.7 Å². The normalized spacial score (nSPS) is 16.1. The van der Waals surface area contributed by atoms with Gasteiger partial charge < -0.3 is 0 Å². The Bertz CT molecular complexity index is 593. The average molecular weight is 255 g/mol. The van der Waals surface area contributed by atoms with Crippen LogP contribution in [0.1, 0.15) is 34.7 Å². The highest BCUT2D eigenvalue weighted by molar-refractivity contribution is 6.01. The van der Waals surface area contributed by atoms with Gasteiger partial charge in [0, 0.05) is 18.0 Å². The van der Waals surface area contributed by atoms with Crippen molar-refractivity contribution in [2.75, 3.05) is 0 Å².